The van der Waals surface area contributed by atoms with Crippen LogP contribution < -0.4 is 0 Å². The zero-order valence-corrected chi connectivity index (χ0v) is 11.6. The van der Waals surface area contributed by atoms with E-state index in [0.717, 1.165) is 32.5 Å². The Morgan fingerprint density at radius 3 is 2.44 bits per heavy atom. The normalized spacial score (nSPS) is 45.1. The van der Waals surface area contributed by atoms with Crippen molar-refractivity contribution < 1.29 is 14.3 Å². The molecule has 0 N–H and O–H groups in total. The lowest BCUT2D eigenvalue weighted by Gasteiger charge is -2.42. The van der Waals surface area contributed by atoms with Crippen molar-refractivity contribution in [2.45, 2.75) is 45.8 Å². The predicted octanol–water partition coefficient (Wildman–Crippen LogP) is 2.64. The molecule has 0 aromatic carbocycles. The van der Waals surface area contributed by atoms with Gasteiger partial charge in [-0.25, -0.2) is 0 Å². The topological polar surface area (TPSA) is 35.5 Å². The smallest absolute Gasteiger partial charge is 0.168 e. The summed E-state index contributed by atoms with van der Waals surface area (Å²) in [7, 11) is 0. The highest BCUT2D eigenvalue weighted by atomic mass is 16.7. The molecule has 102 valence electrons. The zero-order valence-electron chi connectivity index (χ0n) is 11.6. The Labute approximate surface area is 109 Å². The van der Waals surface area contributed by atoms with Gasteiger partial charge in [0, 0.05) is 24.2 Å². The number of fused-ring (bicyclic) bond motifs is 1. The molecule has 1 aliphatic heterocycles. The van der Waals surface area contributed by atoms with Crippen LogP contribution in [0.2, 0.25) is 0 Å². The summed E-state index contributed by atoms with van der Waals surface area (Å²) in [6, 6.07) is 0. The van der Waals surface area contributed by atoms with Crippen molar-refractivity contribution in [1.29, 1.82) is 0 Å². The van der Waals surface area contributed by atoms with Crippen molar-refractivity contribution in [3.63, 3.8) is 0 Å². The summed E-state index contributed by atoms with van der Waals surface area (Å²) in [5.41, 5.74) is 0.125. The average molecular weight is 252 g/mol. The van der Waals surface area contributed by atoms with Crippen LogP contribution >= 0.6 is 0 Å². The van der Waals surface area contributed by atoms with Crippen LogP contribution in [0.3, 0.4) is 0 Å². The summed E-state index contributed by atoms with van der Waals surface area (Å²) in [4.78, 5) is 11.3. The fourth-order valence-electron chi connectivity index (χ4n) is 4.13. The van der Waals surface area contributed by atoms with Crippen LogP contribution in [0.4, 0.5) is 0 Å². The standard InChI is InChI=1S/C15H24O3/c1-10-4-11-5-15(6-12(11)13(10)7-16)17-8-14(2,3)9-18-15/h7,10-13H,4-6,8-9H2,1-3H3/t10-,11-,12+,13?/m1/s1. The number of carbonyl (C=O) groups is 1. The van der Waals surface area contributed by atoms with Gasteiger partial charge in [0.2, 0.25) is 0 Å². The van der Waals surface area contributed by atoms with Gasteiger partial charge in [-0.05, 0) is 24.2 Å². The van der Waals surface area contributed by atoms with Crippen molar-refractivity contribution >= 4 is 6.29 Å². The van der Waals surface area contributed by atoms with Crippen molar-refractivity contribution in [1.82, 2.24) is 0 Å². The first kappa shape index (κ1) is 12.6. The van der Waals surface area contributed by atoms with Crippen LogP contribution in [0.5, 0.6) is 0 Å². The van der Waals surface area contributed by atoms with E-state index in [-0.39, 0.29) is 17.1 Å². The van der Waals surface area contributed by atoms with Gasteiger partial charge in [-0.2, -0.15) is 0 Å². The summed E-state index contributed by atoms with van der Waals surface area (Å²) < 4.78 is 12.1. The summed E-state index contributed by atoms with van der Waals surface area (Å²) in [5.74, 6) is 1.49. The van der Waals surface area contributed by atoms with Crippen LogP contribution in [-0.4, -0.2) is 25.3 Å². The van der Waals surface area contributed by atoms with Crippen molar-refractivity contribution in [2.24, 2.45) is 29.1 Å². The largest absolute Gasteiger partial charge is 0.349 e. The van der Waals surface area contributed by atoms with Gasteiger partial charge < -0.3 is 14.3 Å². The number of ether oxygens (including phenoxy) is 2. The molecule has 2 saturated carbocycles. The summed E-state index contributed by atoms with van der Waals surface area (Å²) in [5, 5.41) is 0. The number of aldehydes is 1. The van der Waals surface area contributed by atoms with E-state index in [4.69, 9.17) is 9.47 Å². The summed E-state index contributed by atoms with van der Waals surface area (Å²) >= 11 is 0. The van der Waals surface area contributed by atoms with E-state index in [0.29, 0.717) is 17.8 Å². The molecule has 2 aliphatic carbocycles. The first-order valence-electron chi connectivity index (χ1n) is 7.18. The van der Waals surface area contributed by atoms with Crippen LogP contribution in [0, 0.1) is 29.1 Å². The van der Waals surface area contributed by atoms with Gasteiger partial charge in [-0.3, -0.25) is 0 Å². The van der Waals surface area contributed by atoms with Crippen molar-refractivity contribution in [2.75, 3.05) is 13.2 Å². The third-order valence-electron chi connectivity index (χ3n) is 5.16. The molecule has 3 fully saturated rings. The summed E-state index contributed by atoms with van der Waals surface area (Å²) in [6.45, 7) is 8.09. The average Bonchev–Trinajstić information content (AvgIpc) is 2.77. The highest BCUT2D eigenvalue weighted by Gasteiger charge is 2.56. The molecule has 0 bridgehead atoms. The molecule has 3 rings (SSSR count). The molecule has 4 atom stereocenters. The SMILES string of the molecule is C[C@@H]1C[C@@H]2CC3(C[C@@H]2C1C=O)OCC(C)(C)CO3. The molecule has 18 heavy (non-hydrogen) atoms. The third kappa shape index (κ3) is 1.92. The maximum Gasteiger partial charge on any atom is 0.168 e. The number of rotatable bonds is 1. The Morgan fingerprint density at radius 2 is 1.83 bits per heavy atom. The molecular weight excluding hydrogens is 228 g/mol. The van der Waals surface area contributed by atoms with Crippen LogP contribution in [-0.2, 0) is 14.3 Å². The monoisotopic (exact) mass is 252 g/mol. The number of carbonyl (C=O) groups excluding carboxylic acids is 1. The molecular formula is C15H24O3. The molecule has 0 radical (unpaired) electrons. The Kier molecular flexibility index (Phi) is 2.83. The van der Waals surface area contributed by atoms with Crippen LogP contribution in [0.15, 0.2) is 0 Å². The van der Waals surface area contributed by atoms with Crippen LogP contribution in [0.1, 0.15) is 40.0 Å². The predicted molar refractivity (Wildman–Crippen MR) is 68.0 cm³/mol. The summed E-state index contributed by atoms with van der Waals surface area (Å²) in [6.07, 6.45) is 4.23. The molecule has 1 unspecified atom stereocenters. The van der Waals surface area contributed by atoms with Crippen molar-refractivity contribution in [3.05, 3.63) is 0 Å². The lowest BCUT2D eigenvalue weighted by Crippen LogP contribution is -2.46. The van der Waals surface area contributed by atoms with E-state index in [2.05, 4.69) is 20.8 Å². The fourth-order valence-corrected chi connectivity index (χ4v) is 4.13. The lowest BCUT2D eigenvalue weighted by molar-refractivity contribution is -0.298. The number of hydrogen-bond donors (Lipinski definition) is 0. The Hall–Kier alpha value is -0.410. The van der Waals surface area contributed by atoms with E-state index >= 15 is 0 Å². The fraction of sp³-hybridized carbons (Fsp3) is 0.933. The van der Waals surface area contributed by atoms with Gasteiger partial charge in [0.25, 0.3) is 0 Å². The molecule has 1 heterocycles. The Morgan fingerprint density at radius 1 is 1.17 bits per heavy atom. The molecule has 1 spiro atoms. The number of hydrogen-bond acceptors (Lipinski definition) is 3. The van der Waals surface area contributed by atoms with Crippen molar-refractivity contribution in [3.8, 4) is 0 Å². The van der Waals surface area contributed by atoms with E-state index in [1.807, 2.05) is 0 Å². The highest BCUT2D eigenvalue weighted by molar-refractivity contribution is 5.55. The van der Waals surface area contributed by atoms with Gasteiger partial charge in [0.05, 0.1) is 13.2 Å². The minimum absolute atomic E-state index is 0.125. The first-order chi connectivity index (χ1) is 8.45. The molecule has 0 amide bonds. The molecule has 0 aromatic heterocycles. The highest BCUT2D eigenvalue weighted by Crippen LogP contribution is 2.56. The Balaban J connectivity index is 1.71. The van der Waals surface area contributed by atoms with Gasteiger partial charge in [-0.1, -0.05) is 20.8 Å². The van der Waals surface area contributed by atoms with Gasteiger partial charge >= 0.3 is 0 Å². The quantitative estimate of drug-likeness (QED) is 0.673. The van der Waals surface area contributed by atoms with E-state index in [9.17, 15) is 4.79 Å². The minimum Gasteiger partial charge on any atom is -0.349 e. The maximum atomic E-state index is 11.3. The second-order valence-electron chi connectivity index (χ2n) is 7.41. The maximum absolute atomic E-state index is 11.3. The molecule has 1 saturated heterocycles. The zero-order chi connectivity index (χ0) is 13.0. The molecule has 3 nitrogen and oxygen atoms in total. The van der Waals surface area contributed by atoms with Gasteiger partial charge in [0.15, 0.2) is 5.79 Å². The second kappa shape index (κ2) is 4.04. The van der Waals surface area contributed by atoms with E-state index < -0.39 is 0 Å². The third-order valence-corrected chi connectivity index (χ3v) is 5.16. The lowest BCUT2D eigenvalue weighted by atomic mass is 9.89. The minimum atomic E-state index is -0.369. The van der Waals surface area contributed by atoms with Crippen LogP contribution in [0.25, 0.3) is 0 Å². The molecule has 3 heteroatoms. The van der Waals surface area contributed by atoms with E-state index in [1.165, 1.54) is 6.29 Å². The Bertz CT molecular complexity index is 340. The van der Waals surface area contributed by atoms with Gasteiger partial charge in [-0.15, -0.1) is 0 Å². The van der Waals surface area contributed by atoms with E-state index in [1.54, 1.807) is 0 Å². The first-order valence-corrected chi connectivity index (χ1v) is 7.18. The molecule has 0 aromatic rings. The van der Waals surface area contributed by atoms with Gasteiger partial charge in [0.1, 0.15) is 6.29 Å². The second-order valence-corrected chi connectivity index (χ2v) is 7.41. The molecule has 3 aliphatic rings.